The van der Waals surface area contributed by atoms with Crippen LogP contribution >= 0.6 is 0 Å². The molecule has 0 N–H and O–H groups in total. The highest BCUT2D eigenvalue weighted by atomic mass is 16.5. The van der Waals surface area contributed by atoms with Crippen LogP contribution in [0.4, 0.5) is 11.4 Å². The van der Waals surface area contributed by atoms with E-state index in [0.717, 1.165) is 28.3 Å². The van der Waals surface area contributed by atoms with E-state index in [9.17, 15) is 0 Å². The summed E-state index contributed by atoms with van der Waals surface area (Å²) < 4.78 is 7.06. The van der Waals surface area contributed by atoms with E-state index in [1.54, 1.807) is 0 Å². The number of anilines is 2. The van der Waals surface area contributed by atoms with Crippen molar-refractivity contribution in [1.82, 2.24) is 0 Å². The Kier molecular flexibility index (Phi) is 11.1. The number of nitrogens with zero attached hydrogens (tertiary/aromatic N) is 1. The van der Waals surface area contributed by atoms with Crippen molar-refractivity contribution in [2.24, 2.45) is 11.8 Å². The number of ether oxygens (including phenoxy) is 1. The van der Waals surface area contributed by atoms with Gasteiger partial charge in [-0.3, -0.25) is 0 Å². The van der Waals surface area contributed by atoms with Crippen LogP contribution in [0, 0.1) is 11.8 Å². The summed E-state index contributed by atoms with van der Waals surface area (Å²) in [4.78, 5) is 2.72. The molecule has 11 aromatic rings. The van der Waals surface area contributed by atoms with Gasteiger partial charge in [-0.05, 0) is 162 Å². The average molecular weight is 1120 g/mol. The van der Waals surface area contributed by atoms with E-state index < -0.39 is 21.8 Å². The molecule has 2 heteroatoms. The van der Waals surface area contributed by atoms with Crippen LogP contribution in [0.3, 0.4) is 0 Å². The molecule has 0 spiro atoms. The predicted octanol–water partition coefficient (Wildman–Crippen LogP) is 20.9. The van der Waals surface area contributed by atoms with Crippen molar-refractivity contribution < 1.29 is 4.74 Å². The number of para-hydroxylation sites is 2. The maximum absolute atomic E-state index is 7.06. The third-order valence-corrected chi connectivity index (χ3v) is 21.5. The first-order chi connectivity index (χ1) is 42.5. The molecule has 0 radical (unpaired) electrons. The molecule has 2 heterocycles. The lowest BCUT2D eigenvalue weighted by molar-refractivity contribution is 0.419. The Bertz CT molecular complexity index is 4670. The molecule has 0 amide bonds. The highest BCUT2D eigenvalue weighted by Gasteiger charge is 2.63. The lowest BCUT2D eigenvalue weighted by Crippen LogP contribution is -2.59. The van der Waals surface area contributed by atoms with E-state index in [1.807, 2.05) is 0 Å². The number of benzene rings is 11. The van der Waals surface area contributed by atoms with E-state index in [0.29, 0.717) is 0 Å². The smallest absolute Gasteiger partial charge is 0.132 e. The fourth-order valence-corrected chi connectivity index (χ4v) is 18.0. The van der Waals surface area contributed by atoms with Gasteiger partial charge in [-0.25, -0.2) is 0 Å². The zero-order valence-corrected chi connectivity index (χ0v) is 50.1. The monoisotopic (exact) mass is 1120 g/mol. The van der Waals surface area contributed by atoms with E-state index in [4.69, 9.17) is 4.74 Å². The van der Waals surface area contributed by atoms with Crippen molar-refractivity contribution in [2.75, 3.05) is 4.90 Å². The molecule has 87 heavy (non-hydrogen) atoms. The first-order valence-corrected chi connectivity index (χ1v) is 31.2. The number of rotatable bonds is 7. The standard InChI is InChI=1S/C85H67NO/c1-54-50-78(85(61-30-14-9-15-31-61)69-36-20-17-33-64(69)65-34-18-21-37-70(65)85)83(6)71-38-22-24-40-75(71)86(62-46-42-56(43-47-62)57-44-48-66-63-32-16-19-35-68(63)81(3,4)73(66)51-57)82(5)53-67(55(2)79(54)80(82)83)58-45-49-77-74(52-58)84(59-26-10-7-11-27-59,60-28-12-8-13-29-60)72-39-23-25-41-76(72)87-77/h7-55H,1-6H3. The second kappa shape index (κ2) is 18.6. The Balaban J connectivity index is 0.912. The Morgan fingerprint density at radius 2 is 0.851 bits per heavy atom. The number of hydrogen-bond donors (Lipinski definition) is 0. The molecule has 2 nitrogen and oxygen atoms in total. The first kappa shape index (κ1) is 51.6. The zero-order valence-electron chi connectivity index (χ0n) is 50.1. The second-order valence-electron chi connectivity index (χ2n) is 26.1. The molecule has 11 aromatic carbocycles. The van der Waals surface area contributed by atoms with E-state index in [2.05, 4.69) is 332 Å². The van der Waals surface area contributed by atoms with Gasteiger partial charge in [-0.2, -0.15) is 0 Å². The first-order valence-electron chi connectivity index (χ1n) is 31.2. The van der Waals surface area contributed by atoms with Crippen LogP contribution in [0.1, 0.15) is 103 Å². The molecule has 6 aliphatic rings. The molecule has 0 saturated heterocycles. The van der Waals surface area contributed by atoms with Crippen molar-refractivity contribution in [3.8, 4) is 44.9 Å². The van der Waals surface area contributed by atoms with Crippen LogP contribution in [-0.4, -0.2) is 5.54 Å². The van der Waals surface area contributed by atoms with Gasteiger partial charge in [0.25, 0.3) is 0 Å². The summed E-state index contributed by atoms with van der Waals surface area (Å²) in [6.07, 6.45) is 5.43. The lowest BCUT2D eigenvalue weighted by atomic mass is 9.47. The van der Waals surface area contributed by atoms with Crippen molar-refractivity contribution >= 4 is 16.9 Å². The Labute approximate surface area is 512 Å². The molecular formula is C85H67NO. The molecular weight excluding hydrogens is 1050 g/mol. The van der Waals surface area contributed by atoms with Gasteiger partial charge >= 0.3 is 0 Å². The molecule has 0 aromatic heterocycles. The topological polar surface area (TPSA) is 12.5 Å². The largest absolute Gasteiger partial charge is 0.457 e. The minimum Gasteiger partial charge on any atom is -0.457 e. The molecule has 418 valence electrons. The molecule has 4 unspecified atom stereocenters. The van der Waals surface area contributed by atoms with Gasteiger partial charge < -0.3 is 9.64 Å². The van der Waals surface area contributed by atoms with E-state index in [-0.39, 0.29) is 17.3 Å². The van der Waals surface area contributed by atoms with Crippen LogP contribution < -0.4 is 9.64 Å². The molecule has 0 bridgehead atoms. The fourth-order valence-electron chi connectivity index (χ4n) is 18.0. The Morgan fingerprint density at radius 3 is 1.48 bits per heavy atom. The van der Waals surface area contributed by atoms with Crippen molar-refractivity contribution in [1.29, 1.82) is 0 Å². The van der Waals surface area contributed by atoms with Crippen LogP contribution in [0.2, 0.25) is 0 Å². The Morgan fingerprint density at radius 1 is 0.379 bits per heavy atom. The van der Waals surface area contributed by atoms with Gasteiger partial charge in [0.15, 0.2) is 0 Å². The summed E-state index contributed by atoms with van der Waals surface area (Å²) in [5.74, 6) is 1.86. The van der Waals surface area contributed by atoms with Crippen molar-refractivity contribution in [2.45, 2.75) is 68.7 Å². The van der Waals surface area contributed by atoms with Gasteiger partial charge in [-0.1, -0.05) is 276 Å². The van der Waals surface area contributed by atoms with Crippen LogP contribution in [0.25, 0.3) is 39.0 Å². The molecule has 4 atom stereocenters. The van der Waals surface area contributed by atoms with Crippen molar-refractivity contribution in [3.05, 3.63) is 363 Å². The second-order valence-corrected chi connectivity index (χ2v) is 26.1. The summed E-state index contributed by atoms with van der Waals surface area (Å²) in [7, 11) is 0. The predicted molar refractivity (Wildman–Crippen MR) is 358 cm³/mol. The summed E-state index contributed by atoms with van der Waals surface area (Å²) >= 11 is 0. The summed E-state index contributed by atoms with van der Waals surface area (Å²) in [6, 6.07) is 103. The minimum absolute atomic E-state index is 0.0402. The maximum atomic E-state index is 7.06. The number of allylic oxidation sites excluding steroid dienone is 4. The molecule has 4 aliphatic carbocycles. The maximum Gasteiger partial charge on any atom is 0.132 e. The molecule has 0 saturated carbocycles. The van der Waals surface area contributed by atoms with E-state index in [1.165, 1.54) is 111 Å². The summed E-state index contributed by atoms with van der Waals surface area (Å²) in [6.45, 7) is 14.9. The summed E-state index contributed by atoms with van der Waals surface area (Å²) in [5, 5.41) is 0. The number of fused-ring (bicyclic) bond motifs is 10. The third kappa shape index (κ3) is 6.82. The zero-order chi connectivity index (χ0) is 58.6. The Hall–Kier alpha value is -9.76. The van der Waals surface area contributed by atoms with Gasteiger partial charge in [-0.15, -0.1) is 0 Å². The van der Waals surface area contributed by atoms with Gasteiger partial charge in [0.05, 0.1) is 16.4 Å². The highest BCUT2D eigenvalue weighted by Crippen LogP contribution is 2.70. The lowest BCUT2D eigenvalue weighted by Gasteiger charge is -2.62. The third-order valence-electron chi connectivity index (χ3n) is 21.5. The van der Waals surface area contributed by atoms with Gasteiger partial charge in [0.1, 0.15) is 11.5 Å². The quantitative estimate of drug-likeness (QED) is 0.148. The van der Waals surface area contributed by atoms with E-state index >= 15 is 0 Å². The molecule has 17 rings (SSSR count). The summed E-state index contributed by atoms with van der Waals surface area (Å²) in [5.41, 5.74) is 27.1. The van der Waals surface area contributed by atoms with Crippen molar-refractivity contribution in [3.63, 3.8) is 0 Å². The van der Waals surface area contributed by atoms with Gasteiger partial charge in [0.2, 0.25) is 0 Å². The molecule has 2 aliphatic heterocycles. The van der Waals surface area contributed by atoms with Crippen LogP contribution in [-0.2, 0) is 21.7 Å². The SMILES string of the molecule is CC1C=C(C2(c3ccccc3)c3ccccc3-c3ccccc32)C2(C)C3=C1C(C)C(c1ccc4c(c1)C(c1ccccc1)(c1ccccc1)c1ccccc1O4)=CC3(C)N(c1ccc(-c3ccc4c(c3)C(C)(C)c3ccccc3-4)cc1)c1ccccc12. The number of hydrogen-bond acceptors (Lipinski definition) is 2. The fraction of sp³-hybridized carbons (Fsp3) is 0.153. The van der Waals surface area contributed by atoms with Gasteiger partial charge in [0, 0.05) is 39.2 Å². The van der Waals surface area contributed by atoms with Crippen LogP contribution in [0.5, 0.6) is 11.5 Å². The average Bonchev–Trinajstić information content (AvgIpc) is 1.58. The minimum atomic E-state index is -0.691. The molecule has 0 fully saturated rings. The highest BCUT2D eigenvalue weighted by molar-refractivity contribution is 5.93. The van der Waals surface area contributed by atoms with Crippen LogP contribution in [0.15, 0.2) is 302 Å². The normalized spacial score (nSPS) is 21.5.